The number of ketones is 1. The largest absolute Gasteiger partial charge is 0.336 e. The second kappa shape index (κ2) is 8.15. The fraction of sp³-hybridized carbons (Fsp3) is 0.0741. The number of carbonyl (C=O) groups is 1. The van der Waals surface area contributed by atoms with Crippen molar-refractivity contribution in [3.8, 4) is 11.3 Å². The molecular weight excluding hydrogens is 354 g/mol. The molecule has 0 fully saturated rings. The molecule has 0 aliphatic heterocycles. The number of carbonyl (C=O) groups excluding carboxylic acids is 1. The molecule has 3 aromatic carbocycles. The number of aromatic nitrogens is 1. The van der Waals surface area contributed by atoms with Gasteiger partial charge in [0.25, 0.3) is 0 Å². The lowest BCUT2D eigenvalue weighted by atomic mass is 10.0. The third kappa shape index (κ3) is 3.70. The zero-order valence-electron chi connectivity index (χ0n) is 16.5. The van der Waals surface area contributed by atoms with Crippen molar-refractivity contribution in [1.29, 1.82) is 0 Å². The van der Waals surface area contributed by atoms with E-state index in [-0.39, 0.29) is 5.78 Å². The van der Waals surface area contributed by atoms with Crippen molar-refractivity contribution in [2.24, 2.45) is 0 Å². The van der Waals surface area contributed by atoms with Gasteiger partial charge in [-0.25, -0.2) is 0 Å². The van der Waals surface area contributed by atoms with Crippen LogP contribution in [0.2, 0.25) is 0 Å². The Bertz CT molecular complexity index is 1190. The molecule has 0 saturated carbocycles. The minimum atomic E-state index is 0.000933. The molecule has 142 valence electrons. The minimum Gasteiger partial charge on any atom is -0.336 e. The predicted molar refractivity (Wildman–Crippen MR) is 122 cm³/mol. The van der Waals surface area contributed by atoms with Crippen molar-refractivity contribution in [2.75, 3.05) is 0 Å². The van der Waals surface area contributed by atoms with Crippen LogP contribution in [-0.2, 0) is 6.54 Å². The van der Waals surface area contributed by atoms with Crippen molar-refractivity contribution in [1.82, 2.24) is 4.57 Å². The number of hydrogen-bond donors (Lipinski definition) is 0. The van der Waals surface area contributed by atoms with E-state index < -0.39 is 0 Å². The quantitative estimate of drug-likeness (QED) is 0.208. The first-order chi connectivity index (χ1) is 14.2. The Labute approximate surface area is 171 Å². The van der Waals surface area contributed by atoms with Crippen molar-refractivity contribution < 1.29 is 4.79 Å². The van der Waals surface area contributed by atoms with Gasteiger partial charge in [0.05, 0.1) is 5.69 Å². The Balaban J connectivity index is 1.91. The molecule has 1 aromatic heterocycles. The summed E-state index contributed by atoms with van der Waals surface area (Å²) in [5.41, 5.74) is 6.32. The Morgan fingerprint density at radius 2 is 1.62 bits per heavy atom. The lowest BCUT2D eigenvalue weighted by Gasteiger charge is -2.10. The Kier molecular flexibility index (Phi) is 5.26. The van der Waals surface area contributed by atoms with E-state index in [1.807, 2.05) is 54.6 Å². The van der Waals surface area contributed by atoms with Gasteiger partial charge < -0.3 is 4.57 Å². The zero-order valence-corrected chi connectivity index (χ0v) is 16.5. The van der Waals surface area contributed by atoms with Crippen LogP contribution in [0.1, 0.15) is 21.5 Å². The van der Waals surface area contributed by atoms with Gasteiger partial charge in [-0.1, -0.05) is 84.4 Å². The number of fused-ring (bicyclic) bond motifs is 1. The van der Waals surface area contributed by atoms with E-state index in [2.05, 4.69) is 54.5 Å². The molecule has 0 atom stereocenters. The topological polar surface area (TPSA) is 22.0 Å². The standard InChI is InChI=1S/C27H23NO/c1-3-19-28-25-12-8-7-11-23(25)24(27(28)22-15-13-20(2)14-16-22)17-18-26(29)21-9-5-4-6-10-21/h3-18H,1,19H2,2H3/b18-17+. The number of aryl methyl sites for hydroxylation is 1. The van der Waals surface area contributed by atoms with E-state index in [0.717, 1.165) is 27.7 Å². The van der Waals surface area contributed by atoms with Crippen LogP contribution in [0.4, 0.5) is 0 Å². The van der Waals surface area contributed by atoms with Gasteiger partial charge >= 0.3 is 0 Å². The Morgan fingerprint density at radius 1 is 0.931 bits per heavy atom. The van der Waals surface area contributed by atoms with Crippen LogP contribution in [0.25, 0.3) is 28.2 Å². The summed E-state index contributed by atoms with van der Waals surface area (Å²) in [4.78, 5) is 12.7. The molecular formula is C27H23NO. The monoisotopic (exact) mass is 377 g/mol. The van der Waals surface area contributed by atoms with Crippen molar-refractivity contribution >= 4 is 22.8 Å². The van der Waals surface area contributed by atoms with E-state index in [1.54, 1.807) is 6.08 Å². The van der Waals surface area contributed by atoms with Gasteiger partial charge in [-0.3, -0.25) is 4.79 Å². The van der Waals surface area contributed by atoms with Gasteiger partial charge in [0.1, 0.15) is 0 Å². The highest BCUT2D eigenvalue weighted by Crippen LogP contribution is 2.35. The lowest BCUT2D eigenvalue weighted by Crippen LogP contribution is -1.98. The fourth-order valence-corrected chi connectivity index (χ4v) is 3.70. The summed E-state index contributed by atoms with van der Waals surface area (Å²) in [5.74, 6) is 0.000933. The number of rotatable bonds is 6. The average Bonchev–Trinajstić information content (AvgIpc) is 3.07. The first kappa shape index (κ1) is 18.7. The Morgan fingerprint density at radius 3 is 2.34 bits per heavy atom. The average molecular weight is 377 g/mol. The zero-order chi connectivity index (χ0) is 20.2. The summed E-state index contributed by atoms with van der Waals surface area (Å²) in [6.07, 6.45) is 5.53. The molecule has 1 heterocycles. The van der Waals surface area contributed by atoms with Crippen LogP contribution in [-0.4, -0.2) is 10.4 Å². The summed E-state index contributed by atoms with van der Waals surface area (Å²) >= 11 is 0. The Hall–Kier alpha value is -3.65. The van der Waals surface area contributed by atoms with Crippen LogP contribution in [0.3, 0.4) is 0 Å². The molecule has 29 heavy (non-hydrogen) atoms. The SMILES string of the molecule is C=CCn1c(-c2ccc(C)cc2)c(/C=C/C(=O)c2ccccc2)c2ccccc21. The minimum absolute atomic E-state index is 0.000933. The van der Waals surface area contributed by atoms with E-state index >= 15 is 0 Å². The summed E-state index contributed by atoms with van der Waals surface area (Å²) in [7, 11) is 0. The second-order valence-electron chi connectivity index (χ2n) is 7.11. The number of nitrogens with zero attached hydrogens (tertiary/aromatic N) is 1. The molecule has 0 unspecified atom stereocenters. The molecule has 0 amide bonds. The molecule has 0 N–H and O–H groups in total. The third-order valence-electron chi connectivity index (χ3n) is 5.11. The van der Waals surface area contributed by atoms with Crippen molar-refractivity contribution in [2.45, 2.75) is 13.5 Å². The number of para-hydroxylation sites is 1. The number of allylic oxidation sites excluding steroid dienone is 2. The molecule has 4 rings (SSSR count). The van der Waals surface area contributed by atoms with Crippen molar-refractivity contribution in [3.05, 3.63) is 114 Å². The summed E-state index contributed by atoms with van der Waals surface area (Å²) in [6.45, 7) is 6.73. The predicted octanol–water partition coefficient (Wildman–Crippen LogP) is 6.70. The van der Waals surface area contributed by atoms with Crippen LogP contribution >= 0.6 is 0 Å². The maximum Gasteiger partial charge on any atom is 0.185 e. The lowest BCUT2D eigenvalue weighted by molar-refractivity contribution is 0.104. The second-order valence-corrected chi connectivity index (χ2v) is 7.11. The van der Waals surface area contributed by atoms with E-state index in [1.165, 1.54) is 5.56 Å². The highest BCUT2D eigenvalue weighted by Gasteiger charge is 2.16. The molecule has 0 saturated heterocycles. The molecule has 0 aliphatic rings. The smallest absolute Gasteiger partial charge is 0.185 e. The highest BCUT2D eigenvalue weighted by atomic mass is 16.1. The molecule has 0 radical (unpaired) electrons. The fourth-order valence-electron chi connectivity index (χ4n) is 3.70. The van der Waals surface area contributed by atoms with Crippen LogP contribution in [0.5, 0.6) is 0 Å². The normalized spacial score (nSPS) is 11.2. The number of hydrogen-bond acceptors (Lipinski definition) is 1. The molecule has 0 aliphatic carbocycles. The summed E-state index contributed by atoms with van der Waals surface area (Å²) in [6, 6.07) is 26.2. The summed E-state index contributed by atoms with van der Waals surface area (Å²) < 4.78 is 2.26. The highest BCUT2D eigenvalue weighted by molar-refractivity contribution is 6.09. The van der Waals surface area contributed by atoms with Crippen LogP contribution in [0.15, 0.2) is 97.6 Å². The van der Waals surface area contributed by atoms with Crippen molar-refractivity contribution in [3.63, 3.8) is 0 Å². The molecule has 2 heteroatoms. The van der Waals surface area contributed by atoms with Gasteiger partial charge in [0.2, 0.25) is 0 Å². The van der Waals surface area contributed by atoms with Gasteiger partial charge in [0, 0.05) is 28.6 Å². The maximum atomic E-state index is 12.7. The van der Waals surface area contributed by atoms with Gasteiger partial charge in [-0.2, -0.15) is 0 Å². The number of benzene rings is 3. The van der Waals surface area contributed by atoms with Crippen LogP contribution < -0.4 is 0 Å². The maximum absolute atomic E-state index is 12.7. The molecule has 0 spiro atoms. The summed E-state index contributed by atoms with van der Waals surface area (Å²) in [5, 5.41) is 1.13. The first-order valence-electron chi connectivity index (χ1n) is 9.75. The molecule has 4 aromatic rings. The van der Waals surface area contributed by atoms with E-state index in [9.17, 15) is 4.79 Å². The van der Waals surface area contributed by atoms with Gasteiger partial charge in [-0.15, -0.1) is 6.58 Å². The van der Waals surface area contributed by atoms with Crippen LogP contribution in [0, 0.1) is 6.92 Å². The molecule has 0 bridgehead atoms. The van der Waals surface area contributed by atoms with E-state index in [4.69, 9.17) is 0 Å². The van der Waals surface area contributed by atoms with Gasteiger partial charge in [-0.05, 0) is 30.7 Å². The first-order valence-corrected chi connectivity index (χ1v) is 9.75. The molecule has 2 nitrogen and oxygen atoms in total. The van der Waals surface area contributed by atoms with Gasteiger partial charge in [0.15, 0.2) is 5.78 Å². The van der Waals surface area contributed by atoms with E-state index in [0.29, 0.717) is 12.1 Å². The third-order valence-corrected chi connectivity index (χ3v) is 5.11.